The lowest BCUT2D eigenvalue weighted by Gasteiger charge is -2.34. The monoisotopic (exact) mass is 428 g/mol. The van der Waals surface area contributed by atoms with Crippen molar-refractivity contribution in [2.24, 2.45) is 5.73 Å². The van der Waals surface area contributed by atoms with Crippen LogP contribution in [0.1, 0.15) is 12.0 Å². The Bertz CT molecular complexity index is 1040. The van der Waals surface area contributed by atoms with Crippen LogP contribution >= 0.6 is 23.2 Å². The van der Waals surface area contributed by atoms with Gasteiger partial charge in [-0.05, 0) is 30.2 Å². The summed E-state index contributed by atoms with van der Waals surface area (Å²) in [5.74, 6) is -1.50. The van der Waals surface area contributed by atoms with E-state index in [0.717, 1.165) is 12.1 Å². The highest BCUT2D eigenvalue weighted by Crippen LogP contribution is 2.30. The van der Waals surface area contributed by atoms with E-state index in [4.69, 9.17) is 28.9 Å². The number of benzene rings is 2. The van der Waals surface area contributed by atoms with Crippen LogP contribution in [0.5, 0.6) is 0 Å². The largest absolute Gasteiger partial charge is 0.340 e. The summed E-state index contributed by atoms with van der Waals surface area (Å²) in [6.07, 6.45) is -0.836. The molecule has 0 amide bonds. The summed E-state index contributed by atoms with van der Waals surface area (Å²) in [5, 5.41) is 0.988. The van der Waals surface area contributed by atoms with Gasteiger partial charge < -0.3 is 15.2 Å². The summed E-state index contributed by atoms with van der Waals surface area (Å²) < 4.78 is 43.2. The van der Waals surface area contributed by atoms with Crippen molar-refractivity contribution in [2.75, 3.05) is 18.0 Å². The normalized spacial score (nSPS) is 20.1. The average Bonchev–Trinajstić information content (AvgIpc) is 2.98. The van der Waals surface area contributed by atoms with Gasteiger partial charge in [-0.2, -0.15) is 0 Å². The van der Waals surface area contributed by atoms with Crippen molar-refractivity contribution >= 4 is 40.2 Å². The van der Waals surface area contributed by atoms with E-state index in [1.807, 2.05) is 4.90 Å². The van der Waals surface area contributed by atoms with Gasteiger partial charge in [0.05, 0.1) is 23.6 Å². The van der Waals surface area contributed by atoms with E-state index >= 15 is 0 Å². The smallest absolute Gasteiger partial charge is 0.206 e. The number of alkyl halides is 1. The minimum Gasteiger partial charge on any atom is -0.340 e. The number of piperidine rings is 1. The summed E-state index contributed by atoms with van der Waals surface area (Å²) >= 11 is 12.4. The third kappa shape index (κ3) is 3.54. The zero-order valence-corrected chi connectivity index (χ0v) is 16.2. The highest BCUT2D eigenvalue weighted by molar-refractivity contribution is 6.33. The van der Waals surface area contributed by atoms with Gasteiger partial charge in [-0.1, -0.05) is 23.2 Å². The Kier molecular flexibility index (Phi) is 5.16. The molecule has 3 aromatic rings. The molecule has 4 nitrogen and oxygen atoms in total. The standard InChI is InChI=1S/C19H17Cl2F3N4/c20-11-1-2-12(21)10(5-11)8-28-18-7-15(24)14(23)6-17(18)26-19(28)27-4-3-13(22)16(25)9-27/h1-2,5-7,13,16H,3-4,8-9,25H2. The summed E-state index contributed by atoms with van der Waals surface area (Å²) in [6.45, 7) is 0.881. The van der Waals surface area contributed by atoms with Crippen molar-refractivity contribution in [1.29, 1.82) is 0 Å². The second-order valence-corrected chi connectivity index (χ2v) is 7.75. The Labute approximate surface area is 169 Å². The quantitative estimate of drug-likeness (QED) is 0.665. The van der Waals surface area contributed by atoms with Gasteiger partial charge >= 0.3 is 0 Å². The molecule has 0 bridgehead atoms. The van der Waals surface area contributed by atoms with Crippen LogP contribution in [0.15, 0.2) is 30.3 Å². The molecule has 0 spiro atoms. The van der Waals surface area contributed by atoms with E-state index < -0.39 is 23.8 Å². The van der Waals surface area contributed by atoms with Crippen LogP contribution in [0.2, 0.25) is 10.0 Å². The Morgan fingerprint density at radius 2 is 1.89 bits per heavy atom. The highest BCUT2D eigenvalue weighted by Gasteiger charge is 2.29. The zero-order chi connectivity index (χ0) is 20.0. The van der Waals surface area contributed by atoms with Crippen molar-refractivity contribution in [3.05, 3.63) is 57.6 Å². The predicted octanol–water partition coefficient (Wildman–Crippen LogP) is 4.55. The molecule has 2 unspecified atom stereocenters. The van der Waals surface area contributed by atoms with Crippen LogP contribution in [0.4, 0.5) is 19.1 Å². The van der Waals surface area contributed by atoms with E-state index in [0.29, 0.717) is 39.1 Å². The molecule has 1 aromatic heterocycles. The molecule has 28 heavy (non-hydrogen) atoms. The number of hydrogen-bond donors (Lipinski definition) is 1. The molecule has 2 heterocycles. The van der Waals surface area contributed by atoms with Gasteiger partial charge in [-0.3, -0.25) is 0 Å². The van der Waals surface area contributed by atoms with Gasteiger partial charge in [0.15, 0.2) is 11.6 Å². The fourth-order valence-electron chi connectivity index (χ4n) is 3.47. The van der Waals surface area contributed by atoms with Gasteiger partial charge in [-0.25, -0.2) is 18.2 Å². The molecule has 2 aromatic carbocycles. The lowest BCUT2D eigenvalue weighted by Crippen LogP contribution is -2.50. The molecule has 1 saturated heterocycles. The number of imidazole rings is 1. The Hall–Kier alpha value is -1.96. The molecule has 2 N–H and O–H groups in total. The molecule has 1 aliphatic heterocycles. The molecule has 148 valence electrons. The number of aromatic nitrogens is 2. The fourth-order valence-corrected chi connectivity index (χ4v) is 3.85. The second kappa shape index (κ2) is 7.46. The van der Waals surface area contributed by atoms with Crippen molar-refractivity contribution < 1.29 is 13.2 Å². The average molecular weight is 429 g/mol. The maximum Gasteiger partial charge on any atom is 0.206 e. The Morgan fingerprint density at radius 1 is 1.14 bits per heavy atom. The third-order valence-corrected chi connectivity index (χ3v) is 5.56. The zero-order valence-electron chi connectivity index (χ0n) is 14.7. The van der Waals surface area contributed by atoms with Gasteiger partial charge in [0, 0.05) is 35.3 Å². The van der Waals surface area contributed by atoms with Gasteiger partial charge in [0.25, 0.3) is 0 Å². The molecule has 0 saturated carbocycles. The second-order valence-electron chi connectivity index (χ2n) is 6.90. The first-order chi connectivity index (χ1) is 13.3. The predicted molar refractivity (Wildman–Crippen MR) is 105 cm³/mol. The minimum absolute atomic E-state index is 0.237. The number of halogens is 5. The molecule has 0 aliphatic carbocycles. The van der Waals surface area contributed by atoms with Crippen LogP contribution in [-0.2, 0) is 6.54 Å². The van der Waals surface area contributed by atoms with Crippen LogP contribution in [-0.4, -0.2) is 34.9 Å². The van der Waals surface area contributed by atoms with E-state index in [-0.39, 0.29) is 19.5 Å². The van der Waals surface area contributed by atoms with Crippen molar-refractivity contribution in [3.8, 4) is 0 Å². The first-order valence-electron chi connectivity index (χ1n) is 8.77. The van der Waals surface area contributed by atoms with Gasteiger partial charge in [0.1, 0.15) is 6.17 Å². The fraction of sp³-hybridized carbons (Fsp3) is 0.316. The van der Waals surface area contributed by atoms with Crippen LogP contribution in [0.25, 0.3) is 11.0 Å². The number of rotatable bonds is 3. The maximum atomic E-state index is 13.9. The maximum absolute atomic E-state index is 13.9. The summed E-state index contributed by atoms with van der Waals surface area (Å²) in [6, 6.07) is 6.53. The van der Waals surface area contributed by atoms with Crippen LogP contribution in [0, 0.1) is 11.6 Å². The van der Waals surface area contributed by atoms with E-state index in [9.17, 15) is 13.2 Å². The third-order valence-electron chi connectivity index (χ3n) is 4.96. The lowest BCUT2D eigenvalue weighted by molar-refractivity contribution is 0.243. The molecule has 1 fully saturated rings. The van der Waals surface area contributed by atoms with Crippen molar-refractivity contribution in [1.82, 2.24) is 9.55 Å². The summed E-state index contributed by atoms with van der Waals surface area (Å²) in [7, 11) is 0. The van der Waals surface area contributed by atoms with Crippen molar-refractivity contribution in [3.63, 3.8) is 0 Å². The summed E-state index contributed by atoms with van der Waals surface area (Å²) in [5.41, 5.74) is 7.28. The number of nitrogens with two attached hydrogens (primary N) is 1. The van der Waals surface area contributed by atoms with Crippen LogP contribution < -0.4 is 10.6 Å². The lowest BCUT2D eigenvalue weighted by atomic mass is 10.1. The summed E-state index contributed by atoms with van der Waals surface area (Å²) in [4.78, 5) is 6.30. The number of fused-ring (bicyclic) bond motifs is 1. The van der Waals surface area contributed by atoms with Crippen LogP contribution in [0.3, 0.4) is 0 Å². The molecular formula is C19H17Cl2F3N4. The van der Waals surface area contributed by atoms with E-state index in [1.165, 1.54) is 0 Å². The molecule has 4 rings (SSSR count). The first-order valence-corrected chi connectivity index (χ1v) is 9.53. The van der Waals surface area contributed by atoms with E-state index in [2.05, 4.69) is 4.98 Å². The number of nitrogens with zero attached hydrogens (tertiary/aromatic N) is 3. The number of hydrogen-bond acceptors (Lipinski definition) is 3. The first kappa shape index (κ1) is 19.4. The molecule has 2 atom stereocenters. The Morgan fingerprint density at radius 3 is 2.64 bits per heavy atom. The van der Waals surface area contributed by atoms with Gasteiger partial charge in [0.2, 0.25) is 5.95 Å². The molecule has 9 heteroatoms. The minimum atomic E-state index is -1.09. The molecule has 0 radical (unpaired) electrons. The topological polar surface area (TPSA) is 47.1 Å². The van der Waals surface area contributed by atoms with Gasteiger partial charge in [-0.15, -0.1) is 0 Å². The molecular weight excluding hydrogens is 412 g/mol. The van der Waals surface area contributed by atoms with Crippen molar-refractivity contribution in [2.45, 2.75) is 25.2 Å². The number of anilines is 1. The molecule has 1 aliphatic rings. The SMILES string of the molecule is NC1CN(c2nc3cc(F)c(F)cc3n2Cc2cc(Cl)ccc2Cl)CCC1F. The Balaban J connectivity index is 1.84. The highest BCUT2D eigenvalue weighted by atomic mass is 35.5. The van der Waals surface area contributed by atoms with E-state index in [1.54, 1.807) is 22.8 Å².